The Balaban J connectivity index is 1.94. The summed E-state index contributed by atoms with van der Waals surface area (Å²) in [6, 6.07) is 9.32. The first-order chi connectivity index (χ1) is 14.4. The first-order valence-electron chi connectivity index (χ1n) is 8.51. The molecule has 0 aliphatic heterocycles. The number of anilines is 3. The van der Waals surface area contributed by atoms with Gasteiger partial charge in [0.1, 0.15) is 11.6 Å². The van der Waals surface area contributed by atoms with Gasteiger partial charge in [-0.2, -0.15) is 18.2 Å². The van der Waals surface area contributed by atoms with Crippen molar-refractivity contribution in [3.05, 3.63) is 59.1 Å². The lowest BCUT2D eigenvalue weighted by Crippen LogP contribution is -2.17. The van der Waals surface area contributed by atoms with E-state index in [9.17, 15) is 26.3 Å². The quantitative estimate of drug-likeness (QED) is 0.424. The SMILES string of the molecule is CNc1nc(Nc2ccc(C(F)(F)F)cc2Cl)cc(-c2cccc(OC(F)(F)F)c2)n1. The fourth-order valence-corrected chi connectivity index (χ4v) is 2.78. The molecule has 0 saturated carbocycles. The fourth-order valence-electron chi connectivity index (χ4n) is 2.55. The van der Waals surface area contributed by atoms with E-state index in [0.717, 1.165) is 30.3 Å². The molecular formula is C19H13ClF6N4O. The van der Waals surface area contributed by atoms with Crippen LogP contribution in [0, 0.1) is 0 Å². The van der Waals surface area contributed by atoms with Gasteiger partial charge in [-0.25, -0.2) is 4.98 Å². The second kappa shape index (κ2) is 8.50. The second-order valence-electron chi connectivity index (χ2n) is 6.11. The van der Waals surface area contributed by atoms with Crippen molar-refractivity contribution in [1.82, 2.24) is 9.97 Å². The smallest absolute Gasteiger partial charge is 0.406 e. The summed E-state index contributed by atoms with van der Waals surface area (Å²) in [6.07, 6.45) is -9.40. The number of hydrogen-bond acceptors (Lipinski definition) is 5. The summed E-state index contributed by atoms with van der Waals surface area (Å²) in [5.41, 5.74) is -0.237. The van der Waals surface area contributed by atoms with Gasteiger partial charge < -0.3 is 15.4 Å². The molecule has 1 heterocycles. The average Bonchev–Trinajstić information content (AvgIpc) is 2.67. The van der Waals surface area contributed by atoms with E-state index < -0.39 is 23.9 Å². The third-order valence-corrected chi connectivity index (χ3v) is 4.18. The molecule has 0 radical (unpaired) electrons. The zero-order valence-electron chi connectivity index (χ0n) is 15.6. The molecule has 0 fully saturated rings. The highest BCUT2D eigenvalue weighted by molar-refractivity contribution is 6.33. The van der Waals surface area contributed by atoms with Crippen LogP contribution in [0.1, 0.15) is 5.56 Å². The maximum Gasteiger partial charge on any atom is 0.573 e. The van der Waals surface area contributed by atoms with E-state index in [1.165, 1.54) is 25.2 Å². The molecule has 0 atom stereocenters. The molecule has 0 amide bonds. The van der Waals surface area contributed by atoms with Crippen LogP contribution in [-0.2, 0) is 6.18 Å². The Morgan fingerprint density at radius 3 is 2.29 bits per heavy atom. The number of aromatic nitrogens is 2. The summed E-state index contributed by atoms with van der Waals surface area (Å²) < 4.78 is 79.8. The second-order valence-corrected chi connectivity index (χ2v) is 6.51. The molecule has 0 bridgehead atoms. The van der Waals surface area contributed by atoms with Crippen molar-refractivity contribution in [1.29, 1.82) is 0 Å². The van der Waals surface area contributed by atoms with Crippen LogP contribution in [-0.4, -0.2) is 23.4 Å². The topological polar surface area (TPSA) is 59.1 Å². The van der Waals surface area contributed by atoms with Crippen molar-refractivity contribution in [2.45, 2.75) is 12.5 Å². The molecule has 3 aromatic rings. The molecule has 164 valence electrons. The summed E-state index contributed by atoms with van der Waals surface area (Å²) >= 11 is 5.95. The van der Waals surface area contributed by atoms with Crippen LogP contribution in [0.3, 0.4) is 0 Å². The molecule has 2 N–H and O–H groups in total. The molecule has 3 rings (SSSR count). The van der Waals surface area contributed by atoms with Gasteiger partial charge in [0.05, 0.1) is 22.0 Å². The van der Waals surface area contributed by atoms with Gasteiger partial charge in [-0.3, -0.25) is 0 Å². The number of benzene rings is 2. The lowest BCUT2D eigenvalue weighted by atomic mass is 10.1. The highest BCUT2D eigenvalue weighted by atomic mass is 35.5. The minimum absolute atomic E-state index is 0.116. The minimum atomic E-state index is -4.85. The van der Waals surface area contributed by atoms with Gasteiger partial charge in [0.25, 0.3) is 0 Å². The number of nitrogens with one attached hydrogen (secondary N) is 2. The summed E-state index contributed by atoms with van der Waals surface area (Å²) in [6.45, 7) is 0. The van der Waals surface area contributed by atoms with E-state index in [0.29, 0.717) is 5.56 Å². The van der Waals surface area contributed by atoms with E-state index >= 15 is 0 Å². The van der Waals surface area contributed by atoms with Gasteiger partial charge in [0.15, 0.2) is 0 Å². The van der Waals surface area contributed by atoms with Crippen LogP contribution in [0.4, 0.5) is 43.8 Å². The van der Waals surface area contributed by atoms with E-state index in [1.54, 1.807) is 0 Å². The Bertz CT molecular complexity index is 1090. The molecule has 31 heavy (non-hydrogen) atoms. The van der Waals surface area contributed by atoms with Crippen molar-refractivity contribution in [2.24, 2.45) is 0 Å². The van der Waals surface area contributed by atoms with E-state index in [2.05, 4.69) is 25.3 Å². The van der Waals surface area contributed by atoms with Gasteiger partial charge >= 0.3 is 12.5 Å². The summed E-state index contributed by atoms with van der Waals surface area (Å²) in [4.78, 5) is 8.33. The maximum absolute atomic E-state index is 12.8. The molecule has 1 aromatic heterocycles. The molecule has 0 aliphatic carbocycles. The zero-order valence-corrected chi connectivity index (χ0v) is 16.3. The van der Waals surface area contributed by atoms with Gasteiger partial charge in [0.2, 0.25) is 5.95 Å². The summed E-state index contributed by atoms with van der Waals surface area (Å²) in [7, 11) is 1.52. The molecule has 0 spiro atoms. The predicted octanol–water partition coefficient (Wildman–Crippen LogP) is 6.50. The first-order valence-corrected chi connectivity index (χ1v) is 8.89. The van der Waals surface area contributed by atoms with Crippen LogP contribution in [0.15, 0.2) is 48.5 Å². The normalized spacial score (nSPS) is 11.9. The molecule has 0 aliphatic rings. The predicted molar refractivity (Wildman–Crippen MR) is 103 cm³/mol. The Morgan fingerprint density at radius 1 is 0.935 bits per heavy atom. The largest absolute Gasteiger partial charge is 0.573 e. The summed E-state index contributed by atoms with van der Waals surface area (Å²) in [5.74, 6) is -0.168. The highest BCUT2D eigenvalue weighted by Gasteiger charge is 2.32. The fraction of sp³-hybridized carbons (Fsp3) is 0.158. The number of halogens is 7. The van der Waals surface area contributed by atoms with Crippen molar-refractivity contribution < 1.29 is 31.1 Å². The van der Waals surface area contributed by atoms with E-state index in [1.807, 2.05) is 0 Å². The van der Waals surface area contributed by atoms with Gasteiger partial charge in [0, 0.05) is 18.7 Å². The molecular weight excluding hydrogens is 450 g/mol. The zero-order chi connectivity index (χ0) is 22.8. The molecule has 12 heteroatoms. The number of nitrogens with zero attached hydrogens (tertiary/aromatic N) is 2. The van der Waals surface area contributed by atoms with E-state index in [4.69, 9.17) is 11.6 Å². The van der Waals surface area contributed by atoms with Crippen molar-refractivity contribution >= 4 is 29.1 Å². The van der Waals surface area contributed by atoms with Crippen LogP contribution in [0.2, 0.25) is 5.02 Å². The third kappa shape index (κ3) is 5.91. The van der Waals surface area contributed by atoms with Crippen molar-refractivity contribution in [3.63, 3.8) is 0 Å². The Kier molecular flexibility index (Phi) is 6.16. The monoisotopic (exact) mass is 462 g/mol. The Hall–Kier alpha value is -3.21. The van der Waals surface area contributed by atoms with Crippen LogP contribution in [0.25, 0.3) is 11.3 Å². The van der Waals surface area contributed by atoms with Crippen LogP contribution >= 0.6 is 11.6 Å². The lowest BCUT2D eigenvalue weighted by Gasteiger charge is -2.14. The average molecular weight is 463 g/mol. The summed E-state index contributed by atoms with van der Waals surface area (Å²) in [5, 5.41) is 5.30. The van der Waals surface area contributed by atoms with Crippen LogP contribution in [0.5, 0.6) is 5.75 Å². The van der Waals surface area contributed by atoms with Gasteiger partial charge in [-0.15, -0.1) is 13.2 Å². The van der Waals surface area contributed by atoms with Crippen molar-refractivity contribution in [3.8, 4) is 17.0 Å². The Labute approximate surface area is 177 Å². The lowest BCUT2D eigenvalue weighted by molar-refractivity contribution is -0.274. The maximum atomic E-state index is 12.8. The number of hydrogen-bond donors (Lipinski definition) is 2. The Morgan fingerprint density at radius 2 is 1.68 bits per heavy atom. The first kappa shape index (κ1) is 22.5. The number of alkyl halides is 6. The molecule has 5 nitrogen and oxygen atoms in total. The van der Waals surface area contributed by atoms with Crippen LogP contribution < -0.4 is 15.4 Å². The van der Waals surface area contributed by atoms with Gasteiger partial charge in [-0.1, -0.05) is 23.7 Å². The number of ether oxygens (including phenoxy) is 1. The molecule has 0 saturated heterocycles. The third-order valence-electron chi connectivity index (χ3n) is 3.87. The molecule has 2 aromatic carbocycles. The number of rotatable bonds is 5. The minimum Gasteiger partial charge on any atom is -0.406 e. The standard InChI is InChI=1S/C19H13ClF6N4O/c1-27-17-29-15(10-3-2-4-12(7-10)31-19(24,25)26)9-16(30-17)28-14-6-5-11(8-13(14)20)18(21,22)23/h2-9H,1H3,(H2,27,28,29,30). The van der Waals surface area contributed by atoms with Gasteiger partial charge in [-0.05, 0) is 30.3 Å². The van der Waals surface area contributed by atoms with Crippen molar-refractivity contribution in [2.75, 3.05) is 17.7 Å². The van der Waals surface area contributed by atoms with E-state index in [-0.39, 0.29) is 28.2 Å². The highest BCUT2D eigenvalue weighted by Crippen LogP contribution is 2.35. The molecule has 0 unspecified atom stereocenters.